The maximum atomic E-state index is 2.41. The van der Waals surface area contributed by atoms with Crippen molar-refractivity contribution in [3.8, 4) is 0 Å². The van der Waals surface area contributed by atoms with Gasteiger partial charge in [-0.2, -0.15) is 0 Å². The standard InChI is InChI=1S/C16H27N/c1-6-7-11-17(5)13-14-9-8-10-15(12-14)16(2,3)4/h8-10,12H,6-7,11,13H2,1-5H3. The van der Waals surface area contributed by atoms with Crippen molar-refractivity contribution in [1.82, 2.24) is 4.90 Å². The molecule has 0 radical (unpaired) electrons. The van der Waals surface area contributed by atoms with E-state index in [1.165, 1.54) is 30.5 Å². The predicted octanol–water partition coefficient (Wildman–Crippen LogP) is 4.22. The second-order valence-electron chi connectivity index (χ2n) is 6.04. The molecule has 1 aromatic carbocycles. The van der Waals surface area contributed by atoms with Crippen molar-refractivity contribution in [3.05, 3.63) is 35.4 Å². The van der Waals surface area contributed by atoms with E-state index >= 15 is 0 Å². The molecule has 0 heterocycles. The maximum Gasteiger partial charge on any atom is 0.0230 e. The van der Waals surface area contributed by atoms with Crippen molar-refractivity contribution in [2.75, 3.05) is 13.6 Å². The number of hydrogen-bond acceptors (Lipinski definition) is 1. The topological polar surface area (TPSA) is 3.24 Å². The zero-order valence-corrected chi connectivity index (χ0v) is 12.1. The largest absolute Gasteiger partial charge is 0.302 e. The second-order valence-corrected chi connectivity index (χ2v) is 6.04. The monoisotopic (exact) mass is 233 g/mol. The molecular formula is C16H27N. The Morgan fingerprint density at radius 2 is 1.88 bits per heavy atom. The highest BCUT2D eigenvalue weighted by atomic mass is 15.1. The quantitative estimate of drug-likeness (QED) is 0.736. The third kappa shape index (κ3) is 4.91. The first kappa shape index (κ1) is 14.2. The van der Waals surface area contributed by atoms with Gasteiger partial charge in [0.25, 0.3) is 0 Å². The van der Waals surface area contributed by atoms with Crippen molar-refractivity contribution in [1.29, 1.82) is 0 Å². The Balaban J connectivity index is 2.66. The maximum absolute atomic E-state index is 2.41. The number of nitrogens with zero attached hydrogens (tertiary/aromatic N) is 1. The van der Waals surface area contributed by atoms with Crippen LogP contribution in [0, 0.1) is 0 Å². The molecule has 0 saturated carbocycles. The first-order chi connectivity index (χ1) is 7.93. The number of unbranched alkanes of at least 4 members (excludes halogenated alkanes) is 1. The summed E-state index contributed by atoms with van der Waals surface area (Å²) in [6, 6.07) is 9.00. The summed E-state index contributed by atoms with van der Waals surface area (Å²) in [5, 5.41) is 0. The molecule has 96 valence electrons. The normalized spacial score (nSPS) is 12.1. The average molecular weight is 233 g/mol. The molecule has 0 saturated heterocycles. The fourth-order valence-electron chi connectivity index (χ4n) is 1.95. The summed E-state index contributed by atoms with van der Waals surface area (Å²) >= 11 is 0. The fraction of sp³-hybridized carbons (Fsp3) is 0.625. The Hall–Kier alpha value is -0.820. The van der Waals surface area contributed by atoms with Crippen LogP contribution in [0.5, 0.6) is 0 Å². The van der Waals surface area contributed by atoms with Crippen LogP contribution in [-0.2, 0) is 12.0 Å². The van der Waals surface area contributed by atoms with Gasteiger partial charge in [0, 0.05) is 6.54 Å². The Morgan fingerprint density at radius 3 is 2.47 bits per heavy atom. The summed E-state index contributed by atoms with van der Waals surface area (Å²) < 4.78 is 0. The first-order valence-electron chi connectivity index (χ1n) is 6.71. The molecule has 0 bridgehead atoms. The van der Waals surface area contributed by atoms with Gasteiger partial charge in [-0.25, -0.2) is 0 Å². The summed E-state index contributed by atoms with van der Waals surface area (Å²) in [6.45, 7) is 11.3. The van der Waals surface area contributed by atoms with E-state index in [4.69, 9.17) is 0 Å². The summed E-state index contributed by atoms with van der Waals surface area (Å²) in [4.78, 5) is 2.41. The minimum atomic E-state index is 0.248. The van der Waals surface area contributed by atoms with Crippen LogP contribution in [0.3, 0.4) is 0 Å². The molecule has 0 atom stereocenters. The molecular weight excluding hydrogens is 206 g/mol. The summed E-state index contributed by atoms with van der Waals surface area (Å²) in [7, 11) is 2.21. The van der Waals surface area contributed by atoms with E-state index in [2.05, 4.69) is 63.9 Å². The van der Waals surface area contributed by atoms with Gasteiger partial charge in [0.15, 0.2) is 0 Å². The van der Waals surface area contributed by atoms with Gasteiger partial charge in [-0.05, 0) is 36.6 Å². The Kier molecular flexibility index (Phi) is 5.20. The van der Waals surface area contributed by atoms with Gasteiger partial charge in [-0.1, -0.05) is 58.4 Å². The summed E-state index contributed by atoms with van der Waals surface area (Å²) in [6.07, 6.45) is 2.56. The Bertz CT molecular complexity index is 336. The summed E-state index contributed by atoms with van der Waals surface area (Å²) in [5.41, 5.74) is 3.10. The molecule has 1 nitrogen and oxygen atoms in total. The minimum absolute atomic E-state index is 0.248. The lowest BCUT2D eigenvalue weighted by Gasteiger charge is -2.21. The van der Waals surface area contributed by atoms with Gasteiger partial charge < -0.3 is 4.90 Å². The Labute approximate surface area is 107 Å². The van der Waals surface area contributed by atoms with Gasteiger partial charge in [0.1, 0.15) is 0 Å². The van der Waals surface area contributed by atoms with Crippen LogP contribution < -0.4 is 0 Å². The molecule has 0 amide bonds. The molecule has 0 unspecified atom stereocenters. The number of rotatable bonds is 5. The van der Waals surface area contributed by atoms with E-state index in [9.17, 15) is 0 Å². The van der Waals surface area contributed by atoms with Gasteiger partial charge in [-0.15, -0.1) is 0 Å². The van der Waals surface area contributed by atoms with Crippen LogP contribution in [0.15, 0.2) is 24.3 Å². The number of hydrogen-bond donors (Lipinski definition) is 0. The average Bonchev–Trinajstić information content (AvgIpc) is 2.25. The number of benzene rings is 1. The second kappa shape index (κ2) is 6.20. The van der Waals surface area contributed by atoms with Crippen LogP contribution in [0.25, 0.3) is 0 Å². The molecule has 0 aliphatic rings. The van der Waals surface area contributed by atoms with E-state index < -0.39 is 0 Å². The molecule has 0 aromatic heterocycles. The SMILES string of the molecule is CCCCN(C)Cc1cccc(C(C)(C)C)c1. The van der Waals surface area contributed by atoms with Crippen LogP contribution in [0.1, 0.15) is 51.7 Å². The molecule has 0 aliphatic carbocycles. The van der Waals surface area contributed by atoms with Crippen molar-refractivity contribution < 1.29 is 0 Å². The first-order valence-corrected chi connectivity index (χ1v) is 6.71. The van der Waals surface area contributed by atoms with E-state index in [-0.39, 0.29) is 5.41 Å². The van der Waals surface area contributed by atoms with E-state index in [0.29, 0.717) is 0 Å². The van der Waals surface area contributed by atoms with Crippen LogP contribution in [-0.4, -0.2) is 18.5 Å². The highest BCUT2D eigenvalue weighted by Gasteiger charge is 2.13. The highest BCUT2D eigenvalue weighted by molar-refractivity contribution is 5.28. The van der Waals surface area contributed by atoms with E-state index in [1.807, 2.05) is 0 Å². The molecule has 0 N–H and O–H groups in total. The van der Waals surface area contributed by atoms with E-state index in [0.717, 1.165) is 6.54 Å². The lowest BCUT2D eigenvalue weighted by Crippen LogP contribution is -2.19. The van der Waals surface area contributed by atoms with Crippen LogP contribution in [0.2, 0.25) is 0 Å². The smallest absolute Gasteiger partial charge is 0.0230 e. The third-order valence-electron chi connectivity index (χ3n) is 3.14. The van der Waals surface area contributed by atoms with Crippen molar-refractivity contribution >= 4 is 0 Å². The molecule has 0 fully saturated rings. The fourth-order valence-corrected chi connectivity index (χ4v) is 1.95. The molecule has 1 aromatic rings. The van der Waals surface area contributed by atoms with Gasteiger partial charge in [-0.3, -0.25) is 0 Å². The Morgan fingerprint density at radius 1 is 1.18 bits per heavy atom. The predicted molar refractivity (Wildman–Crippen MR) is 76.4 cm³/mol. The molecule has 1 rings (SSSR count). The lowest BCUT2D eigenvalue weighted by molar-refractivity contribution is 0.320. The highest BCUT2D eigenvalue weighted by Crippen LogP contribution is 2.23. The van der Waals surface area contributed by atoms with Gasteiger partial charge >= 0.3 is 0 Å². The lowest BCUT2D eigenvalue weighted by atomic mass is 9.86. The molecule has 17 heavy (non-hydrogen) atoms. The summed E-state index contributed by atoms with van der Waals surface area (Å²) in [5.74, 6) is 0. The van der Waals surface area contributed by atoms with Crippen molar-refractivity contribution in [2.24, 2.45) is 0 Å². The zero-order valence-electron chi connectivity index (χ0n) is 12.1. The van der Waals surface area contributed by atoms with Crippen LogP contribution >= 0.6 is 0 Å². The van der Waals surface area contributed by atoms with Crippen molar-refractivity contribution in [2.45, 2.75) is 52.5 Å². The van der Waals surface area contributed by atoms with Crippen molar-refractivity contribution in [3.63, 3.8) is 0 Å². The zero-order chi connectivity index (χ0) is 12.9. The third-order valence-corrected chi connectivity index (χ3v) is 3.14. The van der Waals surface area contributed by atoms with Gasteiger partial charge in [0.2, 0.25) is 0 Å². The van der Waals surface area contributed by atoms with Crippen LogP contribution in [0.4, 0.5) is 0 Å². The molecule has 0 aliphatic heterocycles. The van der Waals surface area contributed by atoms with E-state index in [1.54, 1.807) is 0 Å². The minimum Gasteiger partial charge on any atom is -0.302 e. The van der Waals surface area contributed by atoms with Gasteiger partial charge in [0.05, 0.1) is 0 Å². The molecule has 0 spiro atoms. The molecule has 1 heteroatoms.